The van der Waals surface area contributed by atoms with E-state index in [-0.39, 0.29) is 5.78 Å². The van der Waals surface area contributed by atoms with Gasteiger partial charge in [-0.1, -0.05) is 24.3 Å². The average Bonchev–Trinajstić information content (AvgIpc) is 3.01. The van der Waals surface area contributed by atoms with Gasteiger partial charge in [0.15, 0.2) is 5.78 Å². The standard InChI is InChI=1S/C20H18N4O/c1-13-18(12-21)17(11-20(22-13)14(2)25)10-15-4-6-16(7-5-15)19-8-9-24(3)23-19/h4-9,11H,10H2,1-3H3. The molecule has 0 spiro atoms. The van der Waals surface area contributed by atoms with Crippen molar-refractivity contribution in [2.24, 2.45) is 7.05 Å². The molecule has 5 heteroatoms. The number of carbonyl (C=O) groups excluding carboxylic acids is 1. The molecule has 2 heterocycles. The fraction of sp³-hybridized carbons (Fsp3) is 0.200. The van der Waals surface area contributed by atoms with Crippen LogP contribution < -0.4 is 0 Å². The lowest BCUT2D eigenvalue weighted by Gasteiger charge is -2.09. The van der Waals surface area contributed by atoms with Crippen LogP contribution in [-0.4, -0.2) is 20.5 Å². The molecule has 1 aromatic carbocycles. The summed E-state index contributed by atoms with van der Waals surface area (Å²) in [5.41, 5.74) is 5.39. The van der Waals surface area contributed by atoms with Crippen LogP contribution >= 0.6 is 0 Å². The smallest absolute Gasteiger partial charge is 0.178 e. The van der Waals surface area contributed by atoms with Gasteiger partial charge in [-0.3, -0.25) is 9.48 Å². The Morgan fingerprint density at radius 1 is 1.24 bits per heavy atom. The number of benzene rings is 1. The Morgan fingerprint density at radius 2 is 1.96 bits per heavy atom. The number of rotatable bonds is 4. The summed E-state index contributed by atoms with van der Waals surface area (Å²) in [7, 11) is 1.89. The Bertz CT molecular complexity index is 978. The van der Waals surface area contributed by atoms with Gasteiger partial charge in [-0.25, -0.2) is 4.98 Å². The van der Waals surface area contributed by atoms with E-state index in [9.17, 15) is 10.1 Å². The van der Waals surface area contributed by atoms with Crippen molar-refractivity contribution in [3.05, 3.63) is 70.7 Å². The summed E-state index contributed by atoms with van der Waals surface area (Å²) >= 11 is 0. The molecule has 0 N–H and O–H groups in total. The lowest BCUT2D eigenvalue weighted by atomic mass is 9.97. The first-order chi connectivity index (χ1) is 12.0. The molecular weight excluding hydrogens is 312 g/mol. The summed E-state index contributed by atoms with van der Waals surface area (Å²) in [6.45, 7) is 3.25. The number of carbonyl (C=O) groups is 1. The van der Waals surface area contributed by atoms with Crippen molar-refractivity contribution < 1.29 is 4.79 Å². The Hall–Kier alpha value is -3.26. The van der Waals surface area contributed by atoms with E-state index < -0.39 is 0 Å². The number of ketones is 1. The van der Waals surface area contributed by atoms with Crippen LogP contribution in [0, 0.1) is 18.3 Å². The molecule has 0 aliphatic rings. The van der Waals surface area contributed by atoms with Gasteiger partial charge in [0.25, 0.3) is 0 Å². The zero-order chi connectivity index (χ0) is 18.0. The topological polar surface area (TPSA) is 71.6 Å². The molecule has 124 valence electrons. The summed E-state index contributed by atoms with van der Waals surface area (Å²) < 4.78 is 1.77. The zero-order valence-corrected chi connectivity index (χ0v) is 14.4. The summed E-state index contributed by atoms with van der Waals surface area (Å²) in [5.74, 6) is -0.0978. The predicted octanol–water partition coefficient (Wildman–Crippen LogP) is 3.46. The maximum atomic E-state index is 11.7. The van der Waals surface area contributed by atoms with Crippen LogP contribution in [-0.2, 0) is 13.5 Å². The van der Waals surface area contributed by atoms with Gasteiger partial charge < -0.3 is 0 Å². The van der Waals surface area contributed by atoms with E-state index in [1.807, 2.05) is 43.6 Å². The number of aryl methyl sites for hydroxylation is 2. The van der Waals surface area contributed by atoms with Crippen molar-refractivity contribution in [2.45, 2.75) is 20.3 Å². The molecule has 0 aliphatic heterocycles. The molecule has 25 heavy (non-hydrogen) atoms. The highest BCUT2D eigenvalue weighted by atomic mass is 16.1. The van der Waals surface area contributed by atoms with Crippen LogP contribution in [0.2, 0.25) is 0 Å². The van der Waals surface area contributed by atoms with Crippen molar-refractivity contribution in [3.63, 3.8) is 0 Å². The molecule has 0 radical (unpaired) electrons. The van der Waals surface area contributed by atoms with Gasteiger partial charge in [-0.05, 0) is 36.6 Å². The number of nitriles is 1. The van der Waals surface area contributed by atoms with E-state index in [2.05, 4.69) is 16.2 Å². The summed E-state index contributed by atoms with van der Waals surface area (Å²) in [5, 5.41) is 13.8. The first-order valence-corrected chi connectivity index (χ1v) is 7.98. The fourth-order valence-electron chi connectivity index (χ4n) is 2.79. The van der Waals surface area contributed by atoms with Crippen LogP contribution in [0.5, 0.6) is 0 Å². The van der Waals surface area contributed by atoms with E-state index in [0.29, 0.717) is 23.4 Å². The summed E-state index contributed by atoms with van der Waals surface area (Å²) in [6.07, 6.45) is 2.49. The van der Waals surface area contributed by atoms with Crippen molar-refractivity contribution in [3.8, 4) is 17.3 Å². The SMILES string of the molecule is CC(=O)c1cc(Cc2ccc(-c3ccn(C)n3)cc2)c(C#N)c(C)n1. The number of Topliss-reactive ketones (excluding diaryl/α,β-unsaturated/α-hetero) is 1. The van der Waals surface area contributed by atoms with Crippen LogP contribution in [0.1, 0.15) is 39.8 Å². The second-order valence-corrected chi connectivity index (χ2v) is 6.04. The Labute approximate surface area is 146 Å². The monoisotopic (exact) mass is 330 g/mol. The first-order valence-electron chi connectivity index (χ1n) is 7.98. The highest BCUT2D eigenvalue weighted by Gasteiger charge is 2.13. The highest BCUT2D eigenvalue weighted by molar-refractivity contribution is 5.92. The zero-order valence-electron chi connectivity index (χ0n) is 14.4. The largest absolute Gasteiger partial charge is 0.293 e. The molecule has 0 unspecified atom stereocenters. The van der Waals surface area contributed by atoms with Gasteiger partial charge in [0.1, 0.15) is 11.8 Å². The molecule has 0 aliphatic carbocycles. The Kier molecular flexibility index (Phi) is 4.44. The fourth-order valence-corrected chi connectivity index (χ4v) is 2.79. The number of pyridine rings is 1. The first kappa shape index (κ1) is 16.6. The molecule has 0 bridgehead atoms. The Morgan fingerprint density at radius 3 is 2.52 bits per heavy atom. The van der Waals surface area contributed by atoms with Gasteiger partial charge >= 0.3 is 0 Å². The van der Waals surface area contributed by atoms with Gasteiger partial charge in [0, 0.05) is 25.7 Å². The third-order valence-corrected chi connectivity index (χ3v) is 4.11. The number of nitrogens with zero attached hydrogens (tertiary/aromatic N) is 4. The number of aromatic nitrogens is 3. The lowest BCUT2D eigenvalue weighted by molar-refractivity contribution is 0.101. The minimum Gasteiger partial charge on any atom is -0.293 e. The van der Waals surface area contributed by atoms with Gasteiger partial charge in [0.05, 0.1) is 17.0 Å². The second-order valence-electron chi connectivity index (χ2n) is 6.04. The van der Waals surface area contributed by atoms with E-state index >= 15 is 0 Å². The van der Waals surface area contributed by atoms with Crippen molar-refractivity contribution in [2.75, 3.05) is 0 Å². The van der Waals surface area contributed by atoms with Gasteiger partial charge in [0.2, 0.25) is 0 Å². The molecule has 3 rings (SSSR count). The predicted molar refractivity (Wildman–Crippen MR) is 95.1 cm³/mol. The van der Waals surface area contributed by atoms with Crippen molar-refractivity contribution >= 4 is 5.78 Å². The molecular formula is C20H18N4O. The average molecular weight is 330 g/mol. The second kappa shape index (κ2) is 6.70. The van der Waals surface area contributed by atoms with Crippen LogP contribution in [0.3, 0.4) is 0 Å². The molecule has 0 saturated heterocycles. The molecule has 3 aromatic rings. The third kappa shape index (κ3) is 3.48. The lowest BCUT2D eigenvalue weighted by Crippen LogP contribution is -2.05. The molecule has 5 nitrogen and oxygen atoms in total. The molecule has 0 amide bonds. The van der Waals surface area contributed by atoms with E-state index in [1.165, 1.54) is 6.92 Å². The third-order valence-electron chi connectivity index (χ3n) is 4.11. The number of hydrogen-bond acceptors (Lipinski definition) is 4. The molecule has 2 aromatic heterocycles. The van der Waals surface area contributed by atoms with Crippen LogP contribution in [0.4, 0.5) is 0 Å². The number of hydrogen-bond donors (Lipinski definition) is 0. The van der Waals surface area contributed by atoms with E-state index in [1.54, 1.807) is 17.7 Å². The quantitative estimate of drug-likeness (QED) is 0.687. The van der Waals surface area contributed by atoms with Gasteiger partial charge in [-0.2, -0.15) is 10.4 Å². The van der Waals surface area contributed by atoms with Gasteiger partial charge in [-0.15, -0.1) is 0 Å². The van der Waals surface area contributed by atoms with Crippen LogP contribution in [0.25, 0.3) is 11.3 Å². The molecule has 0 saturated carbocycles. The highest BCUT2D eigenvalue weighted by Crippen LogP contribution is 2.21. The minimum atomic E-state index is -0.0978. The maximum absolute atomic E-state index is 11.7. The van der Waals surface area contributed by atoms with Crippen LogP contribution in [0.15, 0.2) is 42.6 Å². The van der Waals surface area contributed by atoms with E-state index in [4.69, 9.17) is 0 Å². The minimum absolute atomic E-state index is 0.0978. The van der Waals surface area contributed by atoms with E-state index in [0.717, 1.165) is 22.4 Å². The van der Waals surface area contributed by atoms with Crippen molar-refractivity contribution in [1.82, 2.24) is 14.8 Å². The van der Waals surface area contributed by atoms with Crippen molar-refractivity contribution in [1.29, 1.82) is 5.26 Å². The summed E-state index contributed by atoms with van der Waals surface area (Å²) in [4.78, 5) is 15.9. The molecule has 0 atom stereocenters. The summed E-state index contributed by atoms with van der Waals surface area (Å²) in [6, 6.07) is 14.0. The molecule has 0 fully saturated rings. The Balaban J connectivity index is 1.92. The maximum Gasteiger partial charge on any atom is 0.178 e. The normalized spacial score (nSPS) is 10.5.